The topological polar surface area (TPSA) is 53.1 Å². The Labute approximate surface area is 101 Å². The van der Waals surface area contributed by atoms with Crippen LogP contribution in [0.5, 0.6) is 5.75 Å². The van der Waals surface area contributed by atoms with Crippen molar-refractivity contribution < 1.29 is 4.74 Å². The Kier molecular flexibility index (Phi) is 3.15. The van der Waals surface area contributed by atoms with Crippen molar-refractivity contribution in [2.75, 3.05) is 7.11 Å². The fraction of sp³-hybridized carbons (Fsp3) is 0.308. The highest BCUT2D eigenvalue weighted by Gasteiger charge is 2.14. The van der Waals surface area contributed by atoms with Crippen molar-refractivity contribution in [2.24, 2.45) is 12.8 Å². The van der Waals surface area contributed by atoms with E-state index in [2.05, 4.69) is 4.98 Å². The second-order valence-electron chi connectivity index (χ2n) is 3.93. The van der Waals surface area contributed by atoms with Crippen LogP contribution in [0.2, 0.25) is 0 Å². The average molecular weight is 231 g/mol. The van der Waals surface area contributed by atoms with Gasteiger partial charge >= 0.3 is 0 Å². The molecule has 0 fully saturated rings. The van der Waals surface area contributed by atoms with Crippen LogP contribution >= 0.6 is 0 Å². The smallest absolute Gasteiger partial charge is 0.143 e. The fourth-order valence-corrected chi connectivity index (χ4v) is 2.02. The van der Waals surface area contributed by atoms with Gasteiger partial charge in [-0.1, -0.05) is 12.1 Å². The average Bonchev–Trinajstić information content (AvgIpc) is 2.64. The summed E-state index contributed by atoms with van der Waals surface area (Å²) in [5.41, 5.74) is 8.72. The zero-order valence-corrected chi connectivity index (χ0v) is 10.4. The number of benzene rings is 1. The van der Waals surface area contributed by atoms with Gasteiger partial charge < -0.3 is 15.0 Å². The molecule has 0 aliphatic heterocycles. The molecule has 0 amide bonds. The molecule has 1 aromatic carbocycles. The summed E-state index contributed by atoms with van der Waals surface area (Å²) in [6.07, 6.45) is 0. The van der Waals surface area contributed by atoms with Gasteiger partial charge in [0.05, 0.1) is 24.1 Å². The standard InChI is InChI=1S/C13H17N3O/c1-9-11(8-14)16(2)13(15-9)10-6-4-5-7-12(10)17-3/h4-7H,8,14H2,1-3H3. The van der Waals surface area contributed by atoms with Gasteiger partial charge in [-0.25, -0.2) is 4.98 Å². The quantitative estimate of drug-likeness (QED) is 0.877. The summed E-state index contributed by atoms with van der Waals surface area (Å²) in [6, 6.07) is 7.86. The molecule has 0 spiro atoms. The number of hydrogen-bond acceptors (Lipinski definition) is 3. The fourth-order valence-electron chi connectivity index (χ4n) is 2.02. The molecule has 0 atom stereocenters. The number of imidazole rings is 1. The predicted molar refractivity (Wildman–Crippen MR) is 67.8 cm³/mol. The molecular formula is C13H17N3O. The molecule has 0 unspecified atom stereocenters. The lowest BCUT2D eigenvalue weighted by molar-refractivity contribution is 0.416. The number of ether oxygens (including phenoxy) is 1. The Morgan fingerprint density at radius 1 is 1.35 bits per heavy atom. The van der Waals surface area contributed by atoms with Crippen LogP contribution in [0.25, 0.3) is 11.4 Å². The molecule has 2 aromatic rings. The Bertz CT molecular complexity index is 531. The first-order valence-corrected chi connectivity index (χ1v) is 5.54. The molecule has 0 saturated heterocycles. The van der Waals surface area contributed by atoms with Crippen LogP contribution in [0.3, 0.4) is 0 Å². The number of hydrogen-bond donors (Lipinski definition) is 1. The summed E-state index contributed by atoms with van der Waals surface area (Å²) < 4.78 is 7.37. The molecule has 0 aliphatic carbocycles. The molecule has 0 bridgehead atoms. The number of nitrogens with zero attached hydrogens (tertiary/aromatic N) is 2. The number of aromatic nitrogens is 2. The third kappa shape index (κ3) is 1.91. The van der Waals surface area contributed by atoms with Gasteiger partial charge in [0, 0.05) is 13.6 Å². The van der Waals surface area contributed by atoms with Gasteiger partial charge in [-0.2, -0.15) is 0 Å². The first-order valence-electron chi connectivity index (χ1n) is 5.54. The normalized spacial score (nSPS) is 10.6. The predicted octanol–water partition coefficient (Wildman–Crippen LogP) is 1.86. The monoisotopic (exact) mass is 231 g/mol. The maximum absolute atomic E-state index is 5.72. The molecule has 17 heavy (non-hydrogen) atoms. The van der Waals surface area contributed by atoms with E-state index in [1.165, 1.54) is 0 Å². The van der Waals surface area contributed by atoms with Gasteiger partial charge in [0.2, 0.25) is 0 Å². The SMILES string of the molecule is COc1ccccc1-c1nc(C)c(CN)n1C. The molecule has 4 nitrogen and oxygen atoms in total. The maximum Gasteiger partial charge on any atom is 0.143 e. The van der Waals surface area contributed by atoms with Gasteiger partial charge in [0.25, 0.3) is 0 Å². The third-order valence-electron chi connectivity index (χ3n) is 2.96. The van der Waals surface area contributed by atoms with E-state index in [-0.39, 0.29) is 0 Å². The van der Waals surface area contributed by atoms with Crippen molar-refractivity contribution in [1.82, 2.24) is 9.55 Å². The lowest BCUT2D eigenvalue weighted by atomic mass is 10.2. The molecule has 0 radical (unpaired) electrons. The number of nitrogens with two attached hydrogens (primary N) is 1. The zero-order chi connectivity index (χ0) is 12.4. The molecule has 4 heteroatoms. The van der Waals surface area contributed by atoms with Crippen molar-refractivity contribution in [3.05, 3.63) is 35.7 Å². The van der Waals surface area contributed by atoms with Gasteiger partial charge in [-0.05, 0) is 19.1 Å². The summed E-state index contributed by atoms with van der Waals surface area (Å²) in [6.45, 7) is 2.46. The Balaban J connectivity index is 2.61. The Hall–Kier alpha value is -1.81. The maximum atomic E-state index is 5.72. The van der Waals surface area contributed by atoms with E-state index < -0.39 is 0 Å². The molecule has 2 N–H and O–H groups in total. The highest BCUT2D eigenvalue weighted by molar-refractivity contribution is 5.65. The number of methoxy groups -OCH3 is 1. The highest BCUT2D eigenvalue weighted by atomic mass is 16.5. The van der Waals surface area contributed by atoms with Crippen LogP contribution in [0.15, 0.2) is 24.3 Å². The molecule has 2 rings (SSSR count). The van der Waals surface area contributed by atoms with Crippen molar-refractivity contribution in [3.63, 3.8) is 0 Å². The van der Waals surface area contributed by atoms with Crippen molar-refractivity contribution in [1.29, 1.82) is 0 Å². The lowest BCUT2D eigenvalue weighted by Crippen LogP contribution is -2.05. The van der Waals surface area contributed by atoms with Crippen molar-refractivity contribution >= 4 is 0 Å². The van der Waals surface area contributed by atoms with Gasteiger partial charge in [0.15, 0.2) is 0 Å². The van der Waals surface area contributed by atoms with E-state index in [4.69, 9.17) is 10.5 Å². The van der Waals surface area contributed by atoms with E-state index in [9.17, 15) is 0 Å². The first-order chi connectivity index (χ1) is 8.19. The molecule has 90 valence electrons. The lowest BCUT2D eigenvalue weighted by Gasteiger charge is -2.08. The molecular weight excluding hydrogens is 214 g/mol. The number of para-hydroxylation sites is 1. The van der Waals surface area contributed by atoms with E-state index >= 15 is 0 Å². The minimum Gasteiger partial charge on any atom is -0.496 e. The Morgan fingerprint density at radius 2 is 2.06 bits per heavy atom. The molecule has 0 saturated carbocycles. The van der Waals surface area contributed by atoms with Gasteiger partial charge in [-0.3, -0.25) is 0 Å². The van der Waals surface area contributed by atoms with Crippen LogP contribution in [0.1, 0.15) is 11.4 Å². The summed E-state index contributed by atoms with van der Waals surface area (Å²) in [5.74, 6) is 1.71. The minimum absolute atomic E-state index is 0.491. The van der Waals surface area contributed by atoms with Crippen LogP contribution in [0.4, 0.5) is 0 Å². The van der Waals surface area contributed by atoms with E-state index in [0.717, 1.165) is 28.5 Å². The van der Waals surface area contributed by atoms with Crippen LogP contribution < -0.4 is 10.5 Å². The Morgan fingerprint density at radius 3 is 2.65 bits per heavy atom. The van der Waals surface area contributed by atoms with Crippen molar-refractivity contribution in [2.45, 2.75) is 13.5 Å². The molecule has 0 aliphatic rings. The second kappa shape index (κ2) is 4.59. The van der Waals surface area contributed by atoms with E-state index in [0.29, 0.717) is 6.54 Å². The second-order valence-corrected chi connectivity index (χ2v) is 3.93. The summed E-state index contributed by atoms with van der Waals surface area (Å²) in [5, 5.41) is 0. The van der Waals surface area contributed by atoms with E-state index in [1.54, 1.807) is 7.11 Å². The molecule has 1 heterocycles. The third-order valence-corrected chi connectivity index (χ3v) is 2.96. The van der Waals surface area contributed by atoms with Crippen LogP contribution in [-0.4, -0.2) is 16.7 Å². The van der Waals surface area contributed by atoms with Gasteiger partial charge in [-0.15, -0.1) is 0 Å². The van der Waals surface area contributed by atoms with Crippen LogP contribution in [0, 0.1) is 6.92 Å². The van der Waals surface area contributed by atoms with Crippen LogP contribution in [-0.2, 0) is 13.6 Å². The summed E-state index contributed by atoms with van der Waals surface area (Å²) in [4.78, 5) is 4.56. The largest absolute Gasteiger partial charge is 0.496 e. The summed E-state index contributed by atoms with van der Waals surface area (Å²) in [7, 11) is 3.64. The minimum atomic E-state index is 0.491. The van der Waals surface area contributed by atoms with E-state index in [1.807, 2.05) is 42.8 Å². The summed E-state index contributed by atoms with van der Waals surface area (Å²) >= 11 is 0. The number of aryl methyl sites for hydroxylation is 1. The molecule has 1 aromatic heterocycles. The van der Waals surface area contributed by atoms with Gasteiger partial charge in [0.1, 0.15) is 11.6 Å². The zero-order valence-electron chi connectivity index (χ0n) is 10.4. The van der Waals surface area contributed by atoms with Crippen molar-refractivity contribution in [3.8, 4) is 17.1 Å². The number of rotatable bonds is 3. The first kappa shape index (κ1) is 11.7. The highest BCUT2D eigenvalue weighted by Crippen LogP contribution is 2.29.